The first-order chi connectivity index (χ1) is 10.5. The Kier molecular flexibility index (Phi) is 4.65. The quantitative estimate of drug-likeness (QED) is 0.695. The Morgan fingerprint density at radius 2 is 1.55 bits per heavy atom. The lowest BCUT2D eigenvalue weighted by molar-refractivity contribution is 0.0939. The first kappa shape index (κ1) is 15.8. The molecular formula is C15H11F4NO2. The van der Waals surface area contributed by atoms with Gasteiger partial charge in [-0.25, -0.2) is 8.78 Å². The van der Waals surface area contributed by atoms with Crippen LogP contribution in [0.3, 0.4) is 0 Å². The molecular weight excluding hydrogens is 302 g/mol. The molecule has 0 radical (unpaired) electrons. The van der Waals surface area contributed by atoms with Crippen molar-refractivity contribution in [3.63, 3.8) is 0 Å². The molecule has 2 rings (SSSR count). The molecule has 2 aromatic rings. The van der Waals surface area contributed by atoms with Crippen LogP contribution >= 0.6 is 0 Å². The highest BCUT2D eigenvalue weighted by molar-refractivity contribution is 5.95. The number of benzene rings is 2. The molecule has 0 heterocycles. The molecule has 0 bridgehead atoms. The van der Waals surface area contributed by atoms with E-state index in [1.807, 2.05) is 0 Å². The second-order valence-electron chi connectivity index (χ2n) is 4.33. The van der Waals surface area contributed by atoms with Crippen LogP contribution in [0.1, 0.15) is 15.9 Å². The van der Waals surface area contributed by atoms with Gasteiger partial charge in [-0.2, -0.15) is 8.78 Å². The zero-order valence-corrected chi connectivity index (χ0v) is 11.4. The maximum Gasteiger partial charge on any atom is 0.257 e. The molecule has 0 saturated carbocycles. The number of rotatable bonds is 4. The molecule has 3 nitrogen and oxygen atoms in total. The van der Waals surface area contributed by atoms with Crippen LogP contribution in [0.5, 0.6) is 5.75 Å². The van der Waals surface area contributed by atoms with Gasteiger partial charge in [0.1, 0.15) is 5.56 Å². The molecule has 7 heteroatoms. The van der Waals surface area contributed by atoms with Gasteiger partial charge in [0.05, 0.1) is 7.11 Å². The number of nitrogens with one attached hydrogen (secondary N) is 1. The smallest absolute Gasteiger partial charge is 0.257 e. The van der Waals surface area contributed by atoms with E-state index in [4.69, 9.17) is 0 Å². The lowest BCUT2D eigenvalue weighted by Gasteiger charge is -2.11. The molecule has 0 saturated heterocycles. The predicted molar refractivity (Wildman–Crippen MR) is 70.4 cm³/mol. The molecule has 0 aliphatic heterocycles. The number of carbonyl (C=O) groups excluding carboxylic acids is 1. The van der Waals surface area contributed by atoms with Crippen LogP contribution in [0.25, 0.3) is 0 Å². The summed E-state index contributed by atoms with van der Waals surface area (Å²) in [5, 5.41) is 2.20. The van der Waals surface area contributed by atoms with Crippen LogP contribution in [0.4, 0.5) is 17.6 Å². The average molecular weight is 313 g/mol. The molecule has 0 spiro atoms. The number of halogens is 4. The summed E-state index contributed by atoms with van der Waals surface area (Å²) in [5.41, 5.74) is -0.669. The third kappa shape index (κ3) is 2.88. The molecule has 0 aromatic heterocycles. The molecule has 0 fully saturated rings. The fourth-order valence-electron chi connectivity index (χ4n) is 1.86. The number of methoxy groups -OCH3 is 1. The lowest BCUT2D eigenvalue weighted by atomic mass is 10.1. The monoisotopic (exact) mass is 313 g/mol. The summed E-state index contributed by atoms with van der Waals surface area (Å²) in [6, 6.07) is 8.49. The number of hydrogen-bond acceptors (Lipinski definition) is 2. The highest BCUT2D eigenvalue weighted by atomic mass is 19.2. The average Bonchev–Trinajstić information content (AvgIpc) is 2.53. The Morgan fingerprint density at radius 3 is 2.05 bits per heavy atom. The maximum absolute atomic E-state index is 13.7. The van der Waals surface area contributed by atoms with Crippen molar-refractivity contribution in [3.8, 4) is 5.75 Å². The normalized spacial score (nSPS) is 10.4. The van der Waals surface area contributed by atoms with Gasteiger partial charge in [0.15, 0.2) is 17.4 Å². The standard InChI is InChI=1S/C15H11F4NO2/c1-22-14-12(18)10(16)9(11(17)13(14)19)15(21)20-7-8-5-3-2-4-6-8/h2-6H,7H2,1H3,(H,20,21). The molecule has 0 unspecified atom stereocenters. The molecule has 2 aromatic carbocycles. The Bertz CT molecular complexity index is 675. The van der Waals surface area contributed by atoms with Gasteiger partial charge in [-0.15, -0.1) is 0 Å². The van der Waals surface area contributed by atoms with E-state index in [1.165, 1.54) is 0 Å². The molecule has 116 valence electrons. The number of ether oxygens (including phenoxy) is 1. The molecule has 1 N–H and O–H groups in total. The minimum Gasteiger partial charge on any atom is -0.491 e. The third-order valence-electron chi connectivity index (χ3n) is 2.95. The largest absolute Gasteiger partial charge is 0.491 e. The molecule has 1 amide bonds. The van der Waals surface area contributed by atoms with E-state index in [2.05, 4.69) is 10.1 Å². The van der Waals surface area contributed by atoms with Crippen LogP contribution in [-0.2, 0) is 6.54 Å². The van der Waals surface area contributed by atoms with Gasteiger partial charge in [-0.3, -0.25) is 4.79 Å². The van der Waals surface area contributed by atoms with Crippen molar-refractivity contribution in [1.29, 1.82) is 0 Å². The zero-order chi connectivity index (χ0) is 16.3. The number of amides is 1. The fraction of sp³-hybridized carbons (Fsp3) is 0.133. The van der Waals surface area contributed by atoms with Crippen LogP contribution in [-0.4, -0.2) is 13.0 Å². The van der Waals surface area contributed by atoms with Crippen LogP contribution in [0.15, 0.2) is 30.3 Å². The highest BCUT2D eigenvalue weighted by Gasteiger charge is 2.29. The number of hydrogen-bond donors (Lipinski definition) is 1. The first-order valence-electron chi connectivity index (χ1n) is 6.19. The van der Waals surface area contributed by atoms with E-state index < -0.39 is 40.5 Å². The second-order valence-corrected chi connectivity index (χ2v) is 4.33. The Hall–Kier alpha value is -2.57. The van der Waals surface area contributed by atoms with Crippen molar-refractivity contribution in [3.05, 3.63) is 64.7 Å². The van der Waals surface area contributed by atoms with E-state index in [-0.39, 0.29) is 6.54 Å². The van der Waals surface area contributed by atoms with Crippen molar-refractivity contribution < 1.29 is 27.1 Å². The zero-order valence-electron chi connectivity index (χ0n) is 11.4. The van der Waals surface area contributed by atoms with E-state index in [9.17, 15) is 22.4 Å². The summed E-state index contributed by atoms with van der Waals surface area (Å²) in [6.07, 6.45) is 0. The first-order valence-corrected chi connectivity index (χ1v) is 6.19. The summed E-state index contributed by atoms with van der Waals surface area (Å²) in [4.78, 5) is 11.8. The van der Waals surface area contributed by atoms with Crippen molar-refractivity contribution in [2.45, 2.75) is 6.54 Å². The second kappa shape index (κ2) is 6.46. The summed E-state index contributed by atoms with van der Waals surface area (Å²) in [5.74, 6) is -9.60. The summed E-state index contributed by atoms with van der Waals surface area (Å²) >= 11 is 0. The van der Waals surface area contributed by atoms with E-state index >= 15 is 0 Å². The van der Waals surface area contributed by atoms with E-state index in [1.54, 1.807) is 30.3 Å². The van der Waals surface area contributed by atoms with Gasteiger partial charge < -0.3 is 10.1 Å². The third-order valence-corrected chi connectivity index (χ3v) is 2.95. The number of carbonyl (C=O) groups is 1. The van der Waals surface area contributed by atoms with E-state index in [0.717, 1.165) is 7.11 Å². The summed E-state index contributed by atoms with van der Waals surface area (Å²) in [6.45, 7) is -0.0478. The molecule has 0 aliphatic rings. The van der Waals surface area contributed by atoms with Gasteiger partial charge in [0.25, 0.3) is 5.91 Å². The molecule has 22 heavy (non-hydrogen) atoms. The minimum atomic E-state index is -1.80. The van der Waals surface area contributed by atoms with Gasteiger partial charge >= 0.3 is 0 Å². The van der Waals surface area contributed by atoms with Gasteiger partial charge in [-0.1, -0.05) is 30.3 Å². The molecule has 0 atom stereocenters. The van der Waals surface area contributed by atoms with Crippen molar-refractivity contribution >= 4 is 5.91 Å². The summed E-state index contributed by atoms with van der Waals surface area (Å²) in [7, 11) is 0.857. The van der Waals surface area contributed by atoms with E-state index in [0.29, 0.717) is 5.56 Å². The Labute approximate surface area is 123 Å². The summed E-state index contributed by atoms with van der Waals surface area (Å²) < 4.78 is 58.8. The minimum absolute atomic E-state index is 0.0478. The SMILES string of the molecule is COc1c(F)c(F)c(C(=O)NCc2ccccc2)c(F)c1F. The van der Waals surface area contributed by atoms with Crippen molar-refractivity contribution in [2.24, 2.45) is 0 Å². The Balaban J connectivity index is 2.30. The van der Waals surface area contributed by atoms with Crippen molar-refractivity contribution in [1.82, 2.24) is 5.32 Å². The lowest BCUT2D eigenvalue weighted by Crippen LogP contribution is -2.26. The van der Waals surface area contributed by atoms with Gasteiger partial charge in [-0.05, 0) is 5.56 Å². The van der Waals surface area contributed by atoms with Gasteiger partial charge in [0.2, 0.25) is 11.6 Å². The van der Waals surface area contributed by atoms with Crippen LogP contribution in [0, 0.1) is 23.3 Å². The van der Waals surface area contributed by atoms with Gasteiger partial charge in [0, 0.05) is 6.54 Å². The van der Waals surface area contributed by atoms with Crippen LogP contribution < -0.4 is 10.1 Å². The fourth-order valence-corrected chi connectivity index (χ4v) is 1.86. The molecule has 0 aliphatic carbocycles. The highest BCUT2D eigenvalue weighted by Crippen LogP contribution is 2.29. The Morgan fingerprint density at radius 1 is 1.00 bits per heavy atom. The van der Waals surface area contributed by atoms with Crippen molar-refractivity contribution in [2.75, 3.05) is 7.11 Å². The van der Waals surface area contributed by atoms with Crippen LogP contribution in [0.2, 0.25) is 0 Å². The predicted octanol–water partition coefficient (Wildman–Crippen LogP) is 3.18. The maximum atomic E-state index is 13.7. The topological polar surface area (TPSA) is 38.3 Å².